The summed E-state index contributed by atoms with van der Waals surface area (Å²) >= 11 is 0. The number of nitrogens with two attached hydrogens (primary N) is 1. The minimum absolute atomic E-state index is 0.196. The number of nitrogens with one attached hydrogen (secondary N) is 1. The highest BCUT2D eigenvalue weighted by Gasteiger charge is 2.39. The molecule has 0 spiro atoms. The summed E-state index contributed by atoms with van der Waals surface area (Å²) < 4.78 is 15.4. The number of carboxylic acids is 1. The molecule has 3 radical (unpaired) electrons. The van der Waals surface area contributed by atoms with Crippen molar-refractivity contribution in [3.63, 3.8) is 0 Å². The standard InChI is InChI=1S/C20H17B2FN3O2/c1-9-19-16(17(21)18(22-9)20(27)28)13-7-14(25)10(8-24)6-15(13)26(19)12-4-2-11(23)3-5-12/h2-9,17-18,24H,25H2,1H3,(H,27,28). The van der Waals surface area contributed by atoms with Gasteiger partial charge in [-0.15, -0.1) is 0 Å². The predicted octanol–water partition coefficient (Wildman–Crippen LogP) is 3.21. The largest absolute Gasteiger partial charge is 0.482 e. The quantitative estimate of drug-likeness (QED) is 0.375. The maximum absolute atomic E-state index is 13.5. The second-order valence-corrected chi connectivity index (χ2v) is 7.12. The highest BCUT2D eigenvalue weighted by atomic mass is 19.1. The first-order chi connectivity index (χ1) is 13.3. The molecule has 4 N–H and O–H groups in total. The molecule has 8 heteroatoms. The van der Waals surface area contributed by atoms with E-state index in [1.165, 1.54) is 18.3 Å². The fraction of sp³-hybridized carbons (Fsp3) is 0.200. The van der Waals surface area contributed by atoms with Crippen LogP contribution in [0.2, 0.25) is 5.82 Å². The summed E-state index contributed by atoms with van der Waals surface area (Å²) in [5, 5.41) is 18.0. The second kappa shape index (κ2) is 6.55. The number of benzene rings is 2. The fourth-order valence-corrected chi connectivity index (χ4v) is 4.14. The molecular weight excluding hydrogens is 355 g/mol. The molecule has 1 aliphatic rings. The van der Waals surface area contributed by atoms with E-state index in [4.69, 9.17) is 19.0 Å². The van der Waals surface area contributed by atoms with Gasteiger partial charge in [-0.3, -0.25) is 4.79 Å². The predicted molar refractivity (Wildman–Crippen MR) is 110 cm³/mol. The van der Waals surface area contributed by atoms with Crippen LogP contribution in [0.1, 0.15) is 35.4 Å². The van der Waals surface area contributed by atoms with Gasteiger partial charge in [-0.2, -0.15) is 0 Å². The lowest BCUT2D eigenvalue weighted by molar-refractivity contribution is -0.137. The number of rotatable bonds is 3. The van der Waals surface area contributed by atoms with Gasteiger partial charge >= 0.3 is 0 Å². The van der Waals surface area contributed by atoms with Gasteiger partial charge in [0.15, 0.2) is 0 Å². The molecule has 3 atom stereocenters. The molecule has 3 aromatic rings. The Morgan fingerprint density at radius 2 is 2.04 bits per heavy atom. The molecule has 0 saturated heterocycles. The van der Waals surface area contributed by atoms with Crippen molar-refractivity contribution in [1.29, 1.82) is 5.41 Å². The van der Waals surface area contributed by atoms with Crippen LogP contribution in [0.5, 0.6) is 0 Å². The Bertz CT molecular complexity index is 1110. The minimum atomic E-state index is -0.975. The number of nitrogen functional groups attached to an aromatic ring is 1. The number of anilines is 1. The van der Waals surface area contributed by atoms with Crippen molar-refractivity contribution in [2.45, 2.75) is 24.4 Å². The Hall–Kier alpha value is -3.02. The number of fused-ring (bicyclic) bond motifs is 3. The molecule has 3 unspecified atom stereocenters. The summed E-state index contributed by atoms with van der Waals surface area (Å²) in [6.45, 7) is 1.92. The zero-order valence-electron chi connectivity index (χ0n) is 15.2. The van der Waals surface area contributed by atoms with Crippen LogP contribution in [0.25, 0.3) is 16.6 Å². The van der Waals surface area contributed by atoms with E-state index >= 15 is 0 Å². The van der Waals surface area contributed by atoms with E-state index < -0.39 is 17.6 Å². The summed E-state index contributed by atoms with van der Waals surface area (Å²) in [5.41, 5.74) is 10.1. The minimum Gasteiger partial charge on any atom is -0.482 e. The number of nitrogens with zero attached hydrogens (tertiary/aromatic N) is 1. The molecule has 137 valence electrons. The zero-order chi connectivity index (χ0) is 20.2. The lowest BCUT2D eigenvalue weighted by Gasteiger charge is -2.31. The molecule has 0 amide bonds. The van der Waals surface area contributed by atoms with Crippen LogP contribution in [-0.2, 0) is 4.79 Å². The van der Waals surface area contributed by atoms with Gasteiger partial charge in [-0.1, -0.05) is 6.92 Å². The molecule has 1 aliphatic heterocycles. The van der Waals surface area contributed by atoms with E-state index in [1.54, 1.807) is 31.5 Å². The van der Waals surface area contributed by atoms with E-state index in [-0.39, 0.29) is 11.6 Å². The van der Waals surface area contributed by atoms with Crippen molar-refractivity contribution >= 4 is 43.9 Å². The van der Waals surface area contributed by atoms with E-state index in [2.05, 4.69) is 0 Å². The summed E-state index contributed by atoms with van der Waals surface area (Å²) in [7, 11) is 8.12. The molecule has 5 nitrogen and oxygen atoms in total. The van der Waals surface area contributed by atoms with Crippen molar-refractivity contribution in [3.8, 4) is 5.69 Å². The lowest BCUT2D eigenvalue weighted by atomic mass is 9.42. The van der Waals surface area contributed by atoms with E-state index in [1.807, 2.05) is 11.5 Å². The average molecular weight is 372 g/mol. The molecule has 0 aliphatic carbocycles. The van der Waals surface area contributed by atoms with Gasteiger partial charge in [0.2, 0.25) is 0 Å². The first-order valence-corrected chi connectivity index (χ1v) is 8.91. The molecule has 2 heterocycles. The van der Waals surface area contributed by atoms with Gasteiger partial charge in [0.05, 0.1) is 13.4 Å². The maximum atomic E-state index is 13.5. The van der Waals surface area contributed by atoms with Gasteiger partial charge in [0.1, 0.15) is 13.1 Å². The van der Waals surface area contributed by atoms with Gasteiger partial charge in [-0.05, 0) is 53.6 Å². The van der Waals surface area contributed by atoms with Crippen LogP contribution < -0.4 is 5.73 Å². The summed E-state index contributed by atoms with van der Waals surface area (Å²) in [4.78, 5) is 11.7. The number of hydrogen-bond acceptors (Lipinski definition) is 3. The van der Waals surface area contributed by atoms with Gasteiger partial charge < -0.3 is 20.8 Å². The molecular formula is C20H17B2FN3O2. The van der Waals surface area contributed by atoms with Crippen LogP contribution in [0, 0.1) is 11.2 Å². The third-order valence-electron chi connectivity index (χ3n) is 5.42. The SMILES string of the molecule is [B]C1c2c(n(-c3ccc(F)cc3)c3cc(C=N)c(N)cc23)C(C)[B]C1C(=O)O. The highest BCUT2D eigenvalue weighted by Crippen LogP contribution is 2.46. The molecule has 0 bridgehead atoms. The van der Waals surface area contributed by atoms with Gasteiger partial charge in [0, 0.05) is 40.1 Å². The van der Waals surface area contributed by atoms with E-state index in [0.717, 1.165) is 27.8 Å². The number of aliphatic carboxylic acids is 1. The second-order valence-electron chi connectivity index (χ2n) is 7.12. The first-order valence-electron chi connectivity index (χ1n) is 8.91. The molecule has 28 heavy (non-hydrogen) atoms. The number of carbonyl (C=O) groups is 1. The molecule has 1 aromatic heterocycles. The van der Waals surface area contributed by atoms with Gasteiger partial charge in [-0.25, -0.2) is 4.39 Å². The van der Waals surface area contributed by atoms with Crippen LogP contribution in [0.4, 0.5) is 10.1 Å². The zero-order valence-corrected chi connectivity index (χ0v) is 15.2. The van der Waals surface area contributed by atoms with E-state index in [9.17, 15) is 14.3 Å². The Balaban J connectivity index is 2.11. The molecule has 4 rings (SSSR count). The summed E-state index contributed by atoms with van der Waals surface area (Å²) in [6, 6.07) is 9.60. The summed E-state index contributed by atoms with van der Waals surface area (Å²) in [6.07, 6.45) is 1.17. The maximum Gasteiger partial charge on any atom is 0.298 e. The van der Waals surface area contributed by atoms with E-state index in [0.29, 0.717) is 11.3 Å². The van der Waals surface area contributed by atoms with Crippen LogP contribution in [-0.4, -0.2) is 37.0 Å². The number of hydrogen-bond donors (Lipinski definition) is 3. The van der Waals surface area contributed by atoms with Crippen molar-refractivity contribution in [3.05, 3.63) is 59.0 Å². The van der Waals surface area contributed by atoms with Crippen LogP contribution in [0.3, 0.4) is 0 Å². The third-order valence-corrected chi connectivity index (χ3v) is 5.42. The molecule has 0 saturated carbocycles. The topological polar surface area (TPSA) is 92.1 Å². The Morgan fingerprint density at radius 3 is 2.64 bits per heavy atom. The molecule has 0 fully saturated rings. The smallest absolute Gasteiger partial charge is 0.298 e. The van der Waals surface area contributed by atoms with Crippen molar-refractivity contribution in [2.75, 3.05) is 5.73 Å². The first kappa shape index (κ1) is 18.3. The highest BCUT2D eigenvalue weighted by molar-refractivity contribution is 6.49. The Morgan fingerprint density at radius 1 is 1.36 bits per heavy atom. The Labute approximate surface area is 163 Å². The fourth-order valence-electron chi connectivity index (χ4n) is 4.14. The van der Waals surface area contributed by atoms with Crippen LogP contribution in [0.15, 0.2) is 36.4 Å². The molecule has 2 aromatic carbocycles. The Kier molecular flexibility index (Phi) is 4.29. The van der Waals surface area contributed by atoms with Crippen molar-refractivity contribution in [1.82, 2.24) is 4.57 Å². The number of carboxylic acid groups (broad SMARTS) is 1. The number of aromatic nitrogens is 1. The average Bonchev–Trinajstić information content (AvgIpc) is 2.99. The van der Waals surface area contributed by atoms with Crippen molar-refractivity contribution < 1.29 is 14.3 Å². The van der Waals surface area contributed by atoms with Crippen molar-refractivity contribution in [2.24, 2.45) is 0 Å². The number of halogens is 1. The lowest BCUT2D eigenvalue weighted by Crippen LogP contribution is -2.32. The normalized spacial score (nSPS) is 21.1. The van der Waals surface area contributed by atoms with Gasteiger partial charge in [0.25, 0.3) is 5.97 Å². The van der Waals surface area contributed by atoms with Crippen LogP contribution >= 0.6 is 0 Å². The summed E-state index contributed by atoms with van der Waals surface area (Å²) in [5.74, 6) is -3.08. The third kappa shape index (κ3) is 2.63. The monoisotopic (exact) mass is 372 g/mol.